The first-order valence-corrected chi connectivity index (χ1v) is 6.20. The Morgan fingerprint density at radius 2 is 2.12 bits per heavy atom. The molecule has 2 aromatic rings. The highest BCUT2D eigenvalue weighted by Crippen LogP contribution is 2.21. The SMILES string of the molecule is CCc1ccc(CC(N)c2cnccn2)s1. The predicted octanol–water partition coefficient (Wildman–Crippen LogP) is 2.34. The quantitative estimate of drug-likeness (QED) is 0.882. The smallest absolute Gasteiger partial charge is 0.0757 e. The van der Waals surface area contributed by atoms with E-state index in [1.165, 1.54) is 9.75 Å². The maximum atomic E-state index is 6.08. The average Bonchev–Trinajstić information content (AvgIpc) is 2.78. The van der Waals surface area contributed by atoms with Gasteiger partial charge in [-0.05, 0) is 18.6 Å². The highest BCUT2D eigenvalue weighted by atomic mass is 32.1. The molecule has 0 saturated heterocycles. The van der Waals surface area contributed by atoms with E-state index in [0.717, 1.165) is 18.5 Å². The molecule has 0 radical (unpaired) electrons. The van der Waals surface area contributed by atoms with E-state index in [1.54, 1.807) is 18.6 Å². The Morgan fingerprint density at radius 3 is 2.75 bits per heavy atom. The minimum atomic E-state index is -0.0583. The molecule has 0 bridgehead atoms. The largest absolute Gasteiger partial charge is 0.322 e. The fraction of sp³-hybridized carbons (Fsp3) is 0.333. The van der Waals surface area contributed by atoms with Gasteiger partial charge in [-0.25, -0.2) is 0 Å². The van der Waals surface area contributed by atoms with E-state index in [0.29, 0.717) is 0 Å². The summed E-state index contributed by atoms with van der Waals surface area (Å²) in [7, 11) is 0. The predicted molar refractivity (Wildman–Crippen MR) is 66.4 cm³/mol. The minimum absolute atomic E-state index is 0.0583. The third-order valence-electron chi connectivity index (χ3n) is 2.45. The number of nitrogens with zero attached hydrogens (tertiary/aromatic N) is 2. The van der Waals surface area contributed by atoms with Crippen molar-refractivity contribution < 1.29 is 0 Å². The zero-order chi connectivity index (χ0) is 11.4. The number of aromatic nitrogens is 2. The lowest BCUT2D eigenvalue weighted by Crippen LogP contribution is -2.14. The molecule has 0 aliphatic rings. The number of rotatable bonds is 4. The van der Waals surface area contributed by atoms with Crippen molar-refractivity contribution in [2.75, 3.05) is 0 Å². The first-order chi connectivity index (χ1) is 7.79. The van der Waals surface area contributed by atoms with Crippen molar-refractivity contribution in [3.05, 3.63) is 46.2 Å². The summed E-state index contributed by atoms with van der Waals surface area (Å²) in [5.74, 6) is 0. The molecule has 1 unspecified atom stereocenters. The van der Waals surface area contributed by atoms with Crippen molar-refractivity contribution in [2.24, 2.45) is 5.73 Å². The zero-order valence-electron chi connectivity index (χ0n) is 9.26. The summed E-state index contributed by atoms with van der Waals surface area (Å²) in [6.45, 7) is 2.16. The molecule has 16 heavy (non-hydrogen) atoms. The van der Waals surface area contributed by atoms with Gasteiger partial charge in [-0.2, -0.15) is 0 Å². The van der Waals surface area contributed by atoms with E-state index in [2.05, 4.69) is 29.0 Å². The van der Waals surface area contributed by atoms with E-state index < -0.39 is 0 Å². The van der Waals surface area contributed by atoms with Gasteiger partial charge in [0.15, 0.2) is 0 Å². The summed E-state index contributed by atoms with van der Waals surface area (Å²) in [6, 6.07) is 4.26. The summed E-state index contributed by atoms with van der Waals surface area (Å²) in [5, 5.41) is 0. The lowest BCUT2D eigenvalue weighted by atomic mass is 10.1. The van der Waals surface area contributed by atoms with Gasteiger partial charge in [0.1, 0.15) is 0 Å². The molecule has 2 rings (SSSR count). The van der Waals surface area contributed by atoms with Crippen LogP contribution in [0.15, 0.2) is 30.7 Å². The van der Waals surface area contributed by atoms with Crippen molar-refractivity contribution in [1.29, 1.82) is 0 Å². The van der Waals surface area contributed by atoms with Crippen LogP contribution >= 0.6 is 11.3 Å². The molecule has 2 aromatic heterocycles. The van der Waals surface area contributed by atoms with E-state index in [-0.39, 0.29) is 6.04 Å². The van der Waals surface area contributed by atoms with Crippen LogP contribution in [-0.4, -0.2) is 9.97 Å². The molecule has 2 heterocycles. The first-order valence-electron chi connectivity index (χ1n) is 5.38. The van der Waals surface area contributed by atoms with Gasteiger partial charge in [-0.15, -0.1) is 11.3 Å². The van der Waals surface area contributed by atoms with Crippen molar-refractivity contribution >= 4 is 11.3 Å². The Balaban J connectivity index is 2.05. The Labute approximate surface area is 99.4 Å². The topological polar surface area (TPSA) is 51.8 Å². The van der Waals surface area contributed by atoms with Crippen LogP contribution in [0.25, 0.3) is 0 Å². The summed E-state index contributed by atoms with van der Waals surface area (Å²) < 4.78 is 0. The number of thiophene rings is 1. The molecule has 0 aliphatic carbocycles. The van der Waals surface area contributed by atoms with Crippen LogP contribution in [0.4, 0.5) is 0 Å². The van der Waals surface area contributed by atoms with Crippen molar-refractivity contribution in [3.8, 4) is 0 Å². The van der Waals surface area contributed by atoms with Gasteiger partial charge in [0, 0.05) is 34.8 Å². The number of nitrogens with two attached hydrogens (primary N) is 1. The summed E-state index contributed by atoms with van der Waals surface area (Å²) in [6.07, 6.45) is 7.01. The van der Waals surface area contributed by atoms with Crippen LogP contribution in [0.3, 0.4) is 0 Å². The molecule has 0 fully saturated rings. The highest BCUT2D eigenvalue weighted by molar-refractivity contribution is 7.11. The highest BCUT2D eigenvalue weighted by Gasteiger charge is 2.09. The van der Waals surface area contributed by atoms with Gasteiger partial charge < -0.3 is 5.73 Å². The number of hydrogen-bond acceptors (Lipinski definition) is 4. The Hall–Kier alpha value is -1.26. The molecule has 0 aromatic carbocycles. The van der Waals surface area contributed by atoms with Crippen molar-refractivity contribution in [3.63, 3.8) is 0 Å². The fourth-order valence-corrected chi connectivity index (χ4v) is 2.56. The third kappa shape index (κ3) is 2.65. The summed E-state index contributed by atoms with van der Waals surface area (Å²) in [4.78, 5) is 11.0. The summed E-state index contributed by atoms with van der Waals surface area (Å²) >= 11 is 1.83. The van der Waals surface area contributed by atoms with Crippen molar-refractivity contribution in [1.82, 2.24) is 9.97 Å². The van der Waals surface area contributed by atoms with Crippen molar-refractivity contribution in [2.45, 2.75) is 25.8 Å². The monoisotopic (exact) mass is 233 g/mol. The Bertz CT molecular complexity index is 439. The molecule has 4 heteroatoms. The van der Waals surface area contributed by atoms with Crippen LogP contribution in [0.5, 0.6) is 0 Å². The Kier molecular flexibility index (Phi) is 3.64. The fourth-order valence-electron chi connectivity index (χ4n) is 1.55. The molecule has 0 amide bonds. The van der Waals surface area contributed by atoms with Gasteiger partial charge in [0.25, 0.3) is 0 Å². The normalized spacial score (nSPS) is 12.6. The molecular weight excluding hydrogens is 218 g/mol. The molecule has 0 spiro atoms. The second-order valence-corrected chi connectivity index (χ2v) is 4.92. The maximum absolute atomic E-state index is 6.08. The van der Waals surface area contributed by atoms with Gasteiger partial charge in [0.2, 0.25) is 0 Å². The number of hydrogen-bond donors (Lipinski definition) is 1. The van der Waals surface area contributed by atoms with Crippen LogP contribution in [-0.2, 0) is 12.8 Å². The number of aryl methyl sites for hydroxylation is 1. The van der Waals surface area contributed by atoms with E-state index in [4.69, 9.17) is 5.73 Å². The van der Waals surface area contributed by atoms with E-state index >= 15 is 0 Å². The van der Waals surface area contributed by atoms with E-state index in [1.807, 2.05) is 11.3 Å². The minimum Gasteiger partial charge on any atom is -0.322 e. The van der Waals surface area contributed by atoms with Gasteiger partial charge in [-0.1, -0.05) is 6.92 Å². The lowest BCUT2D eigenvalue weighted by molar-refractivity contribution is 0.698. The van der Waals surface area contributed by atoms with Crippen LogP contribution in [0.2, 0.25) is 0 Å². The molecular formula is C12H15N3S. The second-order valence-electron chi connectivity index (χ2n) is 3.66. The third-order valence-corrected chi connectivity index (χ3v) is 3.70. The molecule has 1 atom stereocenters. The van der Waals surface area contributed by atoms with Crippen LogP contribution < -0.4 is 5.73 Å². The zero-order valence-corrected chi connectivity index (χ0v) is 10.1. The lowest BCUT2D eigenvalue weighted by Gasteiger charge is -2.08. The standard InChI is InChI=1S/C12H15N3S/c1-2-9-3-4-10(16-9)7-11(13)12-8-14-5-6-15-12/h3-6,8,11H,2,7,13H2,1H3. The van der Waals surface area contributed by atoms with E-state index in [9.17, 15) is 0 Å². The summed E-state index contributed by atoms with van der Waals surface area (Å²) in [5.41, 5.74) is 6.94. The molecule has 84 valence electrons. The Morgan fingerprint density at radius 1 is 1.31 bits per heavy atom. The van der Waals surface area contributed by atoms with Gasteiger partial charge >= 0.3 is 0 Å². The van der Waals surface area contributed by atoms with Crippen LogP contribution in [0, 0.1) is 0 Å². The second kappa shape index (κ2) is 5.18. The van der Waals surface area contributed by atoms with Crippen LogP contribution in [0.1, 0.15) is 28.4 Å². The average molecular weight is 233 g/mol. The first kappa shape index (κ1) is 11.2. The molecule has 3 nitrogen and oxygen atoms in total. The molecule has 2 N–H and O–H groups in total. The molecule has 0 saturated carbocycles. The van der Waals surface area contributed by atoms with Gasteiger partial charge in [0.05, 0.1) is 11.7 Å². The maximum Gasteiger partial charge on any atom is 0.0757 e. The van der Waals surface area contributed by atoms with Gasteiger partial charge in [-0.3, -0.25) is 9.97 Å². The molecule has 0 aliphatic heterocycles.